The Morgan fingerprint density at radius 3 is 2.21 bits per heavy atom. The zero-order chi connectivity index (χ0) is 11.2. The van der Waals surface area contributed by atoms with E-state index >= 15 is 0 Å². The van der Waals surface area contributed by atoms with Gasteiger partial charge in [-0.2, -0.15) is 0 Å². The summed E-state index contributed by atoms with van der Waals surface area (Å²) in [6.45, 7) is 6.42. The third kappa shape index (κ3) is 6.34. The second-order valence-corrected chi connectivity index (χ2v) is 5.84. The molecule has 1 unspecified atom stereocenters. The maximum Gasteiger partial charge on any atom is 0.211 e. The fourth-order valence-corrected chi connectivity index (χ4v) is 2.46. The molecule has 0 saturated carbocycles. The van der Waals surface area contributed by atoms with Crippen LogP contribution in [-0.4, -0.2) is 26.8 Å². The molecule has 0 aliphatic rings. The number of hydrogen-bond acceptors (Lipinski definition) is 3. The molecule has 0 amide bonds. The summed E-state index contributed by atoms with van der Waals surface area (Å²) in [6, 6.07) is -0.00197. The van der Waals surface area contributed by atoms with E-state index in [1.807, 2.05) is 20.8 Å². The molecule has 1 atom stereocenters. The SMILES string of the molecule is CC(C)C(C)NS(=O)(=O)CCCCN. The highest BCUT2D eigenvalue weighted by atomic mass is 32.2. The van der Waals surface area contributed by atoms with Crippen molar-refractivity contribution < 1.29 is 8.42 Å². The highest BCUT2D eigenvalue weighted by Crippen LogP contribution is 2.03. The van der Waals surface area contributed by atoms with E-state index < -0.39 is 10.0 Å². The van der Waals surface area contributed by atoms with Gasteiger partial charge < -0.3 is 5.73 Å². The Balaban J connectivity index is 3.95. The van der Waals surface area contributed by atoms with Gasteiger partial charge in [0, 0.05) is 6.04 Å². The van der Waals surface area contributed by atoms with Crippen molar-refractivity contribution in [1.29, 1.82) is 0 Å². The van der Waals surface area contributed by atoms with Crippen molar-refractivity contribution in [3.05, 3.63) is 0 Å². The maximum absolute atomic E-state index is 11.5. The molecule has 5 heteroatoms. The van der Waals surface area contributed by atoms with Crippen LogP contribution in [0.15, 0.2) is 0 Å². The Bertz CT molecular complexity index is 237. The molecule has 0 aliphatic heterocycles. The molecule has 0 rings (SSSR count). The quantitative estimate of drug-likeness (QED) is 0.622. The van der Waals surface area contributed by atoms with E-state index in [1.54, 1.807) is 0 Å². The van der Waals surface area contributed by atoms with Gasteiger partial charge in [0.05, 0.1) is 5.75 Å². The fourth-order valence-electron chi connectivity index (χ4n) is 0.915. The number of nitrogens with one attached hydrogen (secondary N) is 1. The van der Waals surface area contributed by atoms with Crippen molar-refractivity contribution in [3.8, 4) is 0 Å². The first-order chi connectivity index (χ1) is 6.39. The van der Waals surface area contributed by atoms with Crippen molar-refractivity contribution in [2.45, 2.75) is 39.7 Å². The molecule has 0 fully saturated rings. The lowest BCUT2D eigenvalue weighted by Crippen LogP contribution is -2.37. The summed E-state index contributed by atoms with van der Waals surface area (Å²) >= 11 is 0. The van der Waals surface area contributed by atoms with Gasteiger partial charge in [-0.1, -0.05) is 13.8 Å². The van der Waals surface area contributed by atoms with Gasteiger partial charge in [0.15, 0.2) is 0 Å². The Labute approximate surface area is 87.3 Å². The van der Waals surface area contributed by atoms with Crippen LogP contribution < -0.4 is 10.5 Å². The van der Waals surface area contributed by atoms with E-state index in [4.69, 9.17) is 5.73 Å². The van der Waals surface area contributed by atoms with Gasteiger partial charge in [-0.3, -0.25) is 0 Å². The van der Waals surface area contributed by atoms with Crippen molar-refractivity contribution in [2.24, 2.45) is 11.7 Å². The molecular weight excluding hydrogens is 200 g/mol. The van der Waals surface area contributed by atoms with Crippen LogP contribution in [0.3, 0.4) is 0 Å². The molecule has 4 nitrogen and oxygen atoms in total. The lowest BCUT2D eigenvalue weighted by atomic mass is 10.1. The van der Waals surface area contributed by atoms with Gasteiger partial charge in [-0.05, 0) is 32.2 Å². The van der Waals surface area contributed by atoms with E-state index in [-0.39, 0.29) is 11.8 Å². The zero-order valence-corrected chi connectivity index (χ0v) is 10.1. The Morgan fingerprint density at radius 2 is 1.79 bits per heavy atom. The normalized spacial score (nSPS) is 14.6. The van der Waals surface area contributed by atoms with Crippen molar-refractivity contribution in [2.75, 3.05) is 12.3 Å². The molecule has 0 saturated heterocycles. The summed E-state index contributed by atoms with van der Waals surface area (Å²) in [6.07, 6.45) is 1.40. The van der Waals surface area contributed by atoms with E-state index in [0.717, 1.165) is 6.42 Å². The van der Waals surface area contributed by atoms with Crippen LogP contribution in [0.4, 0.5) is 0 Å². The fraction of sp³-hybridized carbons (Fsp3) is 1.00. The topological polar surface area (TPSA) is 72.2 Å². The lowest BCUT2D eigenvalue weighted by molar-refractivity contribution is 0.475. The smallest absolute Gasteiger partial charge is 0.211 e. The van der Waals surface area contributed by atoms with Crippen LogP contribution in [-0.2, 0) is 10.0 Å². The summed E-state index contributed by atoms with van der Waals surface area (Å²) in [7, 11) is -3.10. The van der Waals surface area contributed by atoms with Crippen LogP contribution in [0.25, 0.3) is 0 Å². The highest BCUT2D eigenvalue weighted by molar-refractivity contribution is 7.89. The minimum absolute atomic E-state index is 0.00197. The molecule has 0 aromatic rings. The van der Waals surface area contributed by atoms with Crippen molar-refractivity contribution in [3.63, 3.8) is 0 Å². The first kappa shape index (κ1) is 13.9. The average Bonchev–Trinajstić information content (AvgIpc) is 2.03. The molecule has 14 heavy (non-hydrogen) atoms. The lowest BCUT2D eigenvalue weighted by Gasteiger charge is -2.17. The molecule has 0 aliphatic carbocycles. The molecular formula is C9H22N2O2S. The Morgan fingerprint density at radius 1 is 1.21 bits per heavy atom. The molecule has 0 spiro atoms. The molecule has 0 aromatic carbocycles. The summed E-state index contributed by atoms with van der Waals surface area (Å²) in [5, 5.41) is 0. The standard InChI is InChI=1S/C9H22N2O2S/c1-8(2)9(3)11-14(12,13)7-5-4-6-10/h8-9,11H,4-7,10H2,1-3H3. The van der Waals surface area contributed by atoms with Gasteiger partial charge in [0.1, 0.15) is 0 Å². The van der Waals surface area contributed by atoms with Gasteiger partial charge in [-0.15, -0.1) is 0 Å². The van der Waals surface area contributed by atoms with Gasteiger partial charge in [0.2, 0.25) is 10.0 Å². The summed E-state index contributed by atoms with van der Waals surface area (Å²) in [5.74, 6) is 0.501. The van der Waals surface area contributed by atoms with Gasteiger partial charge in [0.25, 0.3) is 0 Å². The summed E-state index contributed by atoms with van der Waals surface area (Å²) in [5.41, 5.74) is 5.29. The predicted octanol–water partition coefficient (Wildman–Crippen LogP) is 0.689. The van der Waals surface area contributed by atoms with Crippen LogP contribution in [0, 0.1) is 5.92 Å². The number of sulfonamides is 1. The van der Waals surface area contributed by atoms with Crippen LogP contribution in [0.5, 0.6) is 0 Å². The number of rotatable bonds is 7. The van der Waals surface area contributed by atoms with Crippen molar-refractivity contribution >= 4 is 10.0 Å². The molecule has 0 aromatic heterocycles. The summed E-state index contributed by atoms with van der Waals surface area (Å²) < 4.78 is 25.6. The van der Waals surface area contributed by atoms with Gasteiger partial charge in [-0.25, -0.2) is 13.1 Å². The van der Waals surface area contributed by atoms with Crippen LogP contribution in [0.2, 0.25) is 0 Å². The molecule has 86 valence electrons. The third-order valence-electron chi connectivity index (χ3n) is 2.23. The Hall–Kier alpha value is -0.130. The third-order valence-corrected chi connectivity index (χ3v) is 3.79. The molecule has 0 heterocycles. The van der Waals surface area contributed by atoms with E-state index in [0.29, 0.717) is 18.9 Å². The second kappa shape index (κ2) is 6.37. The molecule has 0 bridgehead atoms. The highest BCUT2D eigenvalue weighted by Gasteiger charge is 2.15. The number of hydrogen-bond donors (Lipinski definition) is 2. The minimum Gasteiger partial charge on any atom is -0.330 e. The van der Waals surface area contributed by atoms with E-state index in [9.17, 15) is 8.42 Å². The summed E-state index contributed by atoms with van der Waals surface area (Å²) in [4.78, 5) is 0. The number of unbranched alkanes of at least 4 members (excludes halogenated alkanes) is 1. The largest absolute Gasteiger partial charge is 0.330 e. The van der Waals surface area contributed by atoms with Gasteiger partial charge >= 0.3 is 0 Å². The van der Waals surface area contributed by atoms with E-state index in [1.165, 1.54) is 0 Å². The first-order valence-electron chi connectivity index (χ1n) is 5.09. The minimum atomic E-state index is -3.10. The average molecular weight is 222 g/mol. The van der Waals surface area contributed by atoms with Crippen LogP contribution >= 0.6 is 0 Å². The Kier molecular flexibility index (Phi) is 6.31. The maximum atomic E-state index is 11.5. The first-order valence-corrected chi connectivity index (χ1v) is 6.74. The monoisotopic (exact) mass is 222 g/mol. The van der Waals surface area contributed by atoms with Crippen molar-refractivity contribution in [1.82, 2.24) is 4.72 Å². The number of nitrogens with two attached hydrogens (primary N) is 1. The zero-order valence-electron chi connectivity index (χ0n) is 9.29. The van der Waals surface area contributed by atoms with Crippen LogP contribution in [0.1, 0.15) is 33.6 Å². The second-order valence-electron chi connectivity index (χ2n) is 3.97. The molecule has 3 N–H and O–H groups in total. The predicted molar refractivity (Wildman–Crippen MR) is 59.5 cm³/mol. The van der Waals surface area contributed by atoms with E-state index in [2.05, 4.69) is 4.72 Å². The molecule has 0 radical (unpaired) electrons.